The summed E-state index contributed by atoms with van der Waals surface area (Å²) >= 11 is 0. The maximum absolute atomic E-state index is 9.78. The summed E-state index contributed by atoms with van der Waals surface area (Å²) in [6.45, 7) is 8.23. The van der Waals surface area contributed by atoms with Crippen molar-refractivity contribution in [2.24, 2.45) is 0 Å². The minimum Gasteiger partial charge on any atom is -0.389 e. The Morgan fingerprint density at radius 2 is 2.24 bits per heavy atom. The number of hydrogen-bond donors (Lipinski definition) is 1. The van der Waals surface area contributed by atoms with Crippen molar-refractivity contribution in [2.45, 2.75) is 39.5 Å². The Morgan fingerprint density at radius 3 is 2.76 bits per heavy atom. The molecule has 1 N–H and O–H groups in total. The Balaban J connectivity index is 2.54. The number of methoxy groups -OCH3 is 1. The molecule has 0 aliphatic rings. The van der Waals surface area contributed by atoms with Crippen molar-refractivity contribution >= 4 is 0 Å². The molecule has 1 aromatic heterocycles. The average Bonchev–Trinajstić information content (AvgIpc) is 2.63. The zero-order chi connectivity index (χ0) is 12.9. The molecule has 17 heavy (non-hydrogen) atoms. The van der Waals surface area contributed by atoms with E-state index in [0.29, 0.717) is 19.7 Å². The van der Waals surface area contributed by atoms with Crippen LogP contribution in [0.4, 0.5) is 0 Å². The van der Waals surface area contributed by atoms with E-state index in [0.717, 1.165) is 18.0 Å². The van der Waals surface area contributed by atoms with Crippen LogP contribution in [0.15, 0.2) is 10.6 Å². The first-order valence-corrected chi connectivity index (χ1v) is 5.82. The second kappa shape index (κ2) is 6.14. The van der Waals surface area contributed by atoms with Crippen molar-refractivity contribution in [1.82, 2.24) is 10.1 Å². The molecule has 5 heteroatoms. The number of hydrogen-bond acceptors (Lipinski definition) is 5. The second-order valence-corrected chi connectivity index (χ2v) is 4.83. The standard InChI is InChI=1S/C12H22N2O3/c1-5-14(9-12(2,3)15)7-10-6-11(8-16-4)17-13-10/h6,15H,5,7-9H2,1-4H3. The molecule has 0 atom stereocenters. The third-order valence-electron chi connectivity index (χ3n) is 2.34. The van der Waals surface area contributed by atoms with Gasteiger partial charge < -0.3 is 14.4 Å². The van der Waals surface area contributed by atoms with Crippen LogP contribution in [0.3, 0.4) is 0 Å². The van der Waals surface area contributed by atoms with Gasteiger partial charge in [0.15, 0.2) is 5.76 Å². The molecule has 0 saturated carbocycles. The molecular formula is C12H22N2O3. The van der Waals surface area contributed by atoms with E-state index >= 15 is 0 Å². The summed E-state index contributed by atoms with van der Waals surface area (Å²) in [4.78, 5) is 2.12. The lowest BCUT2D eigenvalue weighted by atomic mass is 10.1. The Morgan fingerprint density at radius 1 is 1.53 bits per heavy atom. The fourth-order valence-electron chi connectivity index (χ4n) is 1.70. The number of aliphatic hydroxyl groups is 1. The second-order valence-electron chi connectivity index (χ2n) is 4.83. The number of aromatic nitrogens is 1. The molecule has 0 unspecified atom stereocenters. The van der Waals surface area contributed by atoms with Gasteiger partial charge in [-0.1, -0.05) is 12.1 Å². The van der Waals surface area contributed by atoms with E-state index in [4.69, 9.17) is 9.26 Å². The van der Waals surface area contributed by atoms with E-state index in [1.165, 1.54) is 0 Å². The summed E-state index contributed by atoms with van der Waals surface area (Å²) in [6, 6.07) is 1.89. The lowest BCUT2D eigenvalue weighted by molar-refractivity contribution is 0.0346. The van der Waals surface area contributed by atoms with Crippen LogP contribution >= 0.6 is 0 Å². The highest BCUT2D eigenvalue weighted by Crippen LogP contribution is 2.11. The lowest BCUT2D eigenvalue weighted by Crippen LogP contribution is -2.38. The van der Waals surface area contributed by atoms with Crippen molar-refractivity contribution in [1.29, 1.82) is 0 Å². The van der Waals surface area contributed by atoms with E-state index in [9.17, 15) is 5.11 Å². The van der Waals surface area contributed by atoms with Gasteiger partial charge in [0.05, 0.1) is 11.3 Å². The zero-order valence-corrected chi connectivity index (χ0v) is 11.1. The maximum atomic E-state index is 9.78. The van der Waals surface area contributed by atoms with Gasteiger partial charge in [0.2, 0.25) is 0 Å². The highest BCUT2D eigenvalue weighted by atomic mass is 16.5. The quantitative estimate of drug-likeness (QED) is 0.783. The molecule has 0 saturated heterocycles. The van der Waals surface area contributed by atoms with Crippen LogP contribution in [-0.2, 0) is 17.9 Å². The van der Waals surface area contributed by atoms with Gasteiger partial charge in [-0.3, -0.25) is 4.90 Å². The van der Waals surface area contributed by atoms with E-state index < -0.39 is 5.60 Å². The van der Waals surface area contributed by atoms with Crippen LogP contribution in [0.5, 0.6) is 0 Å². The van der Waals surface area contributed by atoms with E-state index in [-0.39, 0.29) is 0 Å². The molecule has 0 amide bonds. The van der Waals surface area contributed by atoms with Crippen molar-refractivity contribution in [3.63, 3.8) is 0 Å². The molecule has 0 fully saturated rings. The van der Waals surface area contributed by atoms with Gasteiger partial charge in [-0.05, 0) is 20.4 Å². The van der Waals surface area contributed by atoms with Crippen LogP contribution in [0.2, 0.25) is 0 Å². The van der Waals surface area contributed by atoms with Crippen molar-refractivity contribution in [3.8, 4) is 0 Å². The topological polar surface area (TPSA) is 58.7 Å². The van der Waals surface area contributed by atoms with Crippen molar-refractivity contribution in [3.05, 3.63) is 17.5 Å². The summed E-state index contributed by atoms with van der Waals surface area (Å²) < 4.78 is 10.1. The molecule has 5 nitrogen and oxygen atoms in total. The van der Waals surface area contributed by atoms with Crippen LogP contribution < -0.4 is 0 Å². The third-order valence-corrected chi connectivity index (χ3v) is 2.34. The maximum Gasteiger partial charge on any atom is 0.162 e. The Kier molecular flexibility index (Phi) is 5.11. The predicted octanol–water partition coefficient (Wildman–Crippen LogP) is 1.41. The van der Waals surface area contributed by atoms with Crippen LogP contribution in [0.25, 0.3) is 0 Å². The Hall–Kier alpha value is -0.910. The molecule has 0 aliphatic carbocycles. The Bertz CT molecular complexity index is 331. The highest BCUT2D eigenvalue weighted by Gasteiger charge is 2.18. The third kappa shape index (κ3) is 5.30. The van der Waals surface area contributed by atoms with Gasteiger partial charge >= 0.3 is 0 Å². The van der Waals surface area contributed by atoms with E-state index in [1.54, 1.807) is 21.0 Å². The van der Waals surface area contributed by atoms with Crippen molar-refractivity contribution in [2.75, 3.05) is 20.2 Å². The van der Waals surface area contributed by atoms with Gasteiger partial charge in [0.25, 0.3) is 0 Å². The molecule has 0 aromatic carbocycles. The largest absolute Gasteiger partial charge is 0.389 e. The first-order valence-electron chi connectivity index (χ1n) is 5.82. The molecule has 1 rings (SSSR count). The van der Waals surface area contributed by atoms with Crippen LogP contribution in [-0.4, -0.2) is 41.0 Å². The molecular weight excluding hydrogens is 220 g/mol. The summed E-state index contributed by atoms with van der Waals surface area (Å²) in [6.07, 6.45) is 0. The van der Waals surface area contributed by atoms with Gasteiger partial charge in [0.1, 0.15) is 6.61 Å². The first kappa shape index (κ1) is 14.2. The number of rotatable bonds is 7. The lowest BCUT2D eigenvalue weighted by Gasteiger charge is -2.27. The van der Waals surface area contributed by atoms with E-state index in [1.807, 2.05) is 6.07 Å². The van der Waals surface area contributed by atoms with Gasteiger partial charge in [0, 0.05) is 26.3 Å². The normalized spacial score (nSPS) is 12.4. The molecule has 0 radical (unpaired) electrons. The van der Waals surface area contributed by atoms with Crippen LogP contribution in [0, 0.1) is 0 Å². The minimum absolute atomic E-state index is 0.435. The molecule has 0 bridgehead atoms. The fourth-order valence-corrected chi connectivity index (χ4v) is 1.70. The van der Waals surface area contributed by atoms with Crippen LogP contribution in [0.1, 0.15) is 32.2 Å². The molecule has 0 aliphatic heterocycles. The fraction of sp³-hybridized carbons (Fsp3) is 0.750. The SMILES string of the molecule is CCN(Cc1cc(COC)on1)CC(C)(C)O. The van der Waals surface area contributed by atoms with Crippen molar-refractivity contribution < 1.29 is 14.4 Å². The number of ether oxygens (including phenoxy) is 1. The zero-order valence-electron chi connectivity index (χ0n) is 11.1. The summed E-state index contributed by atoms with van der Waals surface area (Å²) in [5.41, 5.74) is 0.165. The summed E-state index contributed by atoms with van der Waals surface area (Å²) in [5.74, 6) is 0.724. The molecule has 1 aromatic rings. The highest BCUT2D eigenvalue weighted by molar-refractivity contribution is 5.04. The summed E-state index contributed by atoms with van der Waals surface area (Å²) in [5, 5.41) is 13.8. The van der Waals surface area contributed by atoms with E-state index in [2.05, 4.69) is 17.0 Å². The molecule has 98 valence electrons. The average molecular weight is 242 g/mol. The Labute approximate surface area is 102 Å². The number of nitrogens with zero attached hydrogens (tertiary/aromatic N) is 2. The van der Waals surface area contributed by atoms with Gasteiger partial charge in [-0.2, -0.15) is 0 Å². The monoisotopic (exact) mass is 242 g/mol. The first-order chi connectivity index (χ1) is 7.94. The molecule has 0 spiro atoms. The smallest absolute Gasteiger partial charge is 0.162 e. The van der Waals surface area contributed by atoms with Gasteiger partial charge in [-0.15, -0.1) is 0 Å². The number of likely N-dealkylation sites (N-methyl/N-ethyl adjacent to an activating group) is 1. The summed E-state index contributed by atoms with van der Waals surface area (Å²) in [7, 11) is 1.62. The van der Waals surface area contributed by atoms with Gasteiger partial charge in [-0.25, -0.2) is 0 Å². The minimum atomic E-state index is -0.699. The predicted molar refractivity (Wildman–Crippen MR) is 64.5 cm³/mol. The molecule has 1 heterocycles.